The van der Waals surface area contributed by atoms with E-state index in [1.165, 1.54) is 12.7 Å². The summed E-state index contributed by atoms with van der Waals surface area (Å²) in [6.45, 7) is 1.71. The SMILES string of the molecule is Brc1cc(NCC2CCCO2)ncn1. The lowest BCUT2D eigenvalue weighted by Crippen LogP contribution is -2.18. The van der Waals surface area contributed by atoms with Crippen LogP contribution in [0.4, 0.5) is 5.82 Å². The van der Waals surface area contributed by atoms with Crippen LogP contribution in [0.3, 0.4) is 0 Å². The average Bonchev–Trinajstić information content (AvgIpc) is 2.67. The molecule has 0 bridgehead atoms. The Morgan fingerprint density at radius 1 is 1.57 bits per heavy atom. The molecule has 2 rings (SSSR count). The third-order valence-electron chi connectivity index (χ3n) is 2.17. The maximum absolute atomic E-state index is 5.49. The molecule has 1 aromatic rings. The van der Waals surface area contributed by atoms with Gasteiger partial charge in [-0.25, -0.2) is 9.97 Å². The van der Waals surface area contributed by atoms with E-state index >= 15 is 0 Å². The molecule has 0 saturated carbocycles. The first kappa shape index (κ1) is 9.86. The summed E-state index contributed by atoms with van der Waals surface area (Å²) in [6.07, 6.45) is 4.17. The van der Waals surface area contributed by atoms with Crippen molar-refractivity contribution in [3.05, 3.63) is 17.0 Å². The van der Waals surface area contributed by atoms with Gasteiger partial charge in [0.1, 0.15) is 16.7 Å². The molecular weight excluding hydrogens is 246 g/mol. The van der Waals surface area contributed by atoms with Crippen LogP contribution in [0.1, 0.15) is 12.8 Å². The first-order valence-corrected chi connectivity index (χ1v) is 5.47. The van der Waals surface area contributed by atoms with Gasteiger partial charge in [-0.2, -0.15) is 0 Å². The fraction of sp³-hybridized carbons (Fsp3) is 0.556. The van der Waals surface area contributed by atoms with E-state index in [9.17, 15) is 0 Å². The van der Waals surface area contributed by atoms with Crippen molar-refractivity contribution >= 4 is 21.7 Å². The molecule has 0 aliphatic carbocycles. The monoisotopic (exact) mass is 257 g/mol. The van der Waals surface area contributed by atoms with E-state index in [2.05, 4.69) is 31.2 Å². The van der Waals surface area contributed by atoms with Crippen LogP contribution < -0.4 is 5.32 Å². The van der Waals surface area contributed by atoms with E-state index in [-0.39, 0.29) is 0 Å². The van der Waals surface area contributed by atoms with Gasteiger partial charge >= 0.3 is 0 Å². The Bertz CT molecular complexity index is 302. The lowest BCUT2D eigenvalue weighted by molar-refractivity contribution is 0.120. The largest absolute Gasteiger partial charge is 0.376 e. The summed E-state index contributed by atoms with van der Waals surface area (Å²) < 4.78 is 6.28. The second kappa shape index (κ2) is 4.70. The Kier molecular flexibility index (Phi) is 3.31. The zero-order valence-corrected chi connectivity index (χ0v) is 9.33. The second-order valence-electron chi connectivity index (χ2n) is 3.24. The van der Waals surface area contributed by atoms with Crippen LogP contribution in [-0.2, 0) is 4.74 Å². The third-order valence-corrected chi connectivity index (χ3v) is 2.60. The van der Waals surface area contributed by atoms with Crippen molar-refractivity contribution in [2.24, 2.45) is 0 Å². The van der Waals surface area contributed by atoms with Crippen LogP contribution in [0.5, 0.6) is 0 Å². The van der Waals surface area contributed by atoms with Crippen molar-refractivity contribution in [1.29, 1.82) is 0 Å². The summed E-state index contributed by atoms with van der Waals surface area (Å²) in [5.41, 5.74) is 0. The maximum atomic E-state index is 5.49. The molecule has 76 valence electrons. The summed E-state index contributed by atoms with van der Waals surface area (Å²) in [5.74, 6) is 0.836. The minimum absolute atomic E-state index is 0.337. The highest BCUT2D eigenvalue weighted by atomic mass is 79.9. The molecule has 1 unspecified atom stereocenters. The summed E-state index contributed by atoms with van der Waals surface area (Å²) >= 11 is 3.29. The van der Waals surface area contributed by atoms with E-state index in [0.717, 1.165) is 30.0 Å². The van der Waals surface area contributed by atoms with E-state index in [4.69, 9.17) is 4.74 Å². The molecule has 0 spiro atoms. The maximum Gasteiger partial charge on any atom is 0.130 e. The molecule has 1 atom stereocenters. The second-order valence-corrected chi connectivity index (χ2v) is 4.05. The quantitative estimate of drug-likeness (QED) is 0.840. The van der Waals surface area contributed by atoms with Crippen LogP contribution in [-0.4, -0.2) is 29.2 Å². The van der Waals surface area contributed by atoms with Gasteiger partial charge < -0.3 is 10.1 Å². The summed E-state index contributed by atoms with van der Waals surface area (Å²) in [5, 5.41) is 3.22. The number of hydrogen-bond acceptors (Lipinski definition) is 4. The highest BCUT2D eigenvalue weighted by Gasteiger charge is 2.14. The fourth-order valence-electron chi connectivity index (χ4n) is 1.45. The molecule has 1 N–H and O–H groups in total. The zero-order valence-electron chi connectivity index (χ0n) is 7.74. The minimum atomic E-state index is 0.337. The van der Waals surface area contributed by atoms with E-state index < -0.39 is 0 Å². The van der Waals surface area contributed by atoms with Crippen molar-refractivity contribution < 1.29 is 4.74 Å². The predicted octanol–water partition coefficient (Wildman–Crippen LogP) is 1.83. The fourth-order valence-corrected chi connectivity index (χ4v) is 1.76. The van der Waals surface area contributed by atoms with Crippen molar-refractivity contribution in [3.8, 4) is 0 Å². The van der Waals surface area contributed by atoms with Gasteiger partial charge in [0.15, 0.2) is 0 Å². The molecule has 1 aliphatic heterocycles. The summed E-state index contributed by atoms with van der Waals surface area (Å²) in [7, 11) is 0. The number of hydrogen-bond donors (Lipinski definition) is 1. The number of aromatic nitrogens is 2. The van der Waals surface area contributed by atoms with Gasteiger partial charge in [-0.1, -0.05) is 0 Å². The van der Waals surface area contributed by atoms with Gasteiger partial charge in [0.2, 0.25) is 0 Å². The molecule has 2 heterocycles. The topological polar surface area (TPSA) is 47.0 Å². The van der Waals surface area contributed by atoms with Gasteiger partial charge in [-0.05, 0) is 28.8 Å². The van der Waals surface area contributed by atoms with Gasteiger partial charge in [0.25, 0.3) is 0 Å². The number of ether oxygens (including phenoxy) is 1. The van der Waals surface area contributed by atoms with E-state index in [1.807, 2.05) is 6.07 Å². The van der Waals surface area contributed by atoms with Gasteiger partial charge in [0.05, 0.1) is 6.10 Å². The highest BCUT2D eigenvalue weighted by Crippen LogP contribution is 2.14. The Morgan fingerprint density at radius 3 is 3.21 bits per heavy atom. The number of anilines is 1. The molecular formula is C9H12BrN3O. The summed E-state index contributed by atoms with van der Waals surface area (Å²) in [6, 6.07) is 1.86. The van der Waals surface area contributed by atoms with Crippen molar-refractivity contribution in [2.75, 3.05) is 18.5 Å². The van der Waals surface area contributed by atoms with Gasteiger partial charge in [0, 0.05) is 19.2 Å². The van der Waals surface area contributed by atoms with Crippen molar-refractivity contribution in [2.45, 2.75) is 18.9 Å². The van der Waals surface area contributed by atoms with Crippen LogP contribution in [0, 0.1) is 0 Å². The molecule has 14 heavy (non-hydrogen) atoms. The number of nitrogens with one attached hydrogen (secondary N) is 1. The molecule has 0 amide bonds. The van der Waals surface area contributed by atoms with Crippen LogP contribution in [0.2, 0.25) is 0 Å². The normalized spacial score (nSPS) is 21.1. The van der Waals surface area contributed by atoms with Crippen molar-refractivity contribution in [1.82, 2.24) is 9.97 Å². The van der Waals surface area contributed by atoms with Crippen molar-refractivity contribution in [3.63, 3.8) is 0 Å². The van der Waals surface area contributed by atoms with Crippen LogP contribution in [0.15, 0.2) is 17.0 Å². The lowest BCUT2D eigenvalue weighted by Gasteiger charge is -2.10. The van der Waals surface area contributed by atoms with Crippen LogP contribution >= 0.6 is 15.9 Å². The molecule has 5 heteroatoms. The summed E-state index contributed by atoms with van der Waals surface area (Å²) in [4.78, 5) is 8.05. The number of halogens is 1. The average molecular weight is 258 g/mol. The van der Waals surface area contributed by atoms with Crippen LogP contribution in [0.25, 0.3) is 0 Å². The predicted molar refractivity (Wildman–Crippen MR) is 57.2 cm³/mol. The Labute approximate surface area is 91.2 Å². The molecule has 1 aliphatic rings. The first-order chi connectivity index (χ1) is 6.84. The number of nitrogens with zero attached hydrogens (tertiary/aromatic N) is 2. The van der Waals surface area contributed by atoms with E-state index in [0.29, 0.717) is 6.10 Å². The molecule has 0 aromatic carbocycles. The molecule has 1 fully saturated rings. The number of rotatable bonds is 3. The third kappa shape index (κ3) is 2.65. The first-order valence-electron chi connectivity index (χ1n) is 4.67. The van der Waals surface area contributed by atoms with Gasteiger partial charge in [-0.15, -0.1) is 0 Å². The van der Waals surface area contributed by atoms with E-state index in [1.54, 1.807) is 0 Å². The Hall–Kier alpha value is -0.680. The molecule has 1 saturated heterocycles. The molecule has 0 radical (unpaired) electrons. The smallest absolute Gasteiger partial charge is 0.130 e. The Morgan fingerprint density at radius 2 is 2.50 bits per heavy atom. The molecule has 1 aromatic heterocycles. The molecule has 4 nitrogen and oxygen atoms in total. The lowest BCUT2D eigenvalue weighted by atomic mass is 10.2. The zero-order chi connectivity index (χ0) is 9.80. The standard InChI is InChI=1S/C9H12BrN3O/c10-8-4-9(13-6-12-8)11-5-7-2-1-3-14-7/h4,6-7H,1-3,5H2,(H,11,12,13). The highest BCUT2D eigenvalue weighted by molar-refractivity contribution is 9.10. The Balaban J connectivity index is 1.85. The minimum Gasteiger partial charge on any atom is -0.376 e. The van der Waals surface area contributed by atoms with Gasteiger partial charge in [-0.3, -0.25) is 0 Å².